The summed E-state index contributed by atoms with van der Waals surface area (Å²) in [7, 11) is 0. The van der Waals surface area contributed by atoms with E-state index in [-0.39, 0.29) is 11.4 Å². The van der Waals surface area contributed by atoms with E-state index in [1.807, 2.05) is 22.6 Å². The fourth-order valence-electron chi connectivity index (χ4n) is 0.338. The van der Waals surface area contributed by atoms with Gasteiger partial charge in [0.2, 0.25) is 0 Å². The Balaban J connectivity index is 4.19. The third-order valence-electron chi connectivity index (χ3n) is 0.851. The van der Waals surface area contributed by atoms with Gasteiger partial charge in [0, 0.05) is 6.42 Å². The fraction of sp³-hybridized carbons (Fsp3) is 0.333. The number of ketones is 1. The molecule has 0 aromatic rings. The Morgan fingerprint density at radius 1 is 1.89 bits per heavy atom. The second-order valence-corrected chi connectivity index (χ2v) is 2.03. The molecule has 0 amide bonds. The van der Waals surface area contributed by atoms with Crippen LogP contribution in [0.15, 0.2) is 9.66 Å². The highest BCUT2D eigenvalue weighted by Gasteiger charge is 2.02. The van der Waals surface area contributed by atoms with Crippen LogP contribution in [0.1, 0.15) is 13.3 Å². The molecule has 0 fully saturated rings. The Morgan fingerprint density at radius 3 is 2.56 bits per heavy atom. The van der Waals surface area contributed by atoms with Gasteiger partial charge in [-0.05, 0) is 4.08 Å². The standard InChI is InChI=1S/C6H6INO/c1-2-6(9)5(3-7)4-8/h3H,2H2,1H3/b5-3+. The number of halogens is 1. The summed E-state index contributed by atoms with van der Waals surface area (Å²) in [6, 6.07) is 1.81. The zero-order valence-corrected chi connectivity index (χ0v) is 7.18. The van der Waals surface area contributed by atoms with Crippen molar-refractivity contribution in [1.29, 1.82) is 5.26 Å². The van der Waals surface area contributed by atoms with Crippen molar-refractivity contribution in [3.8, 4) is 6.07 Å². The summed E-state index contributed by atoms with van der Waals surface area (Å²) in [6.45, 7) is 1.74. The minimum atomic E-state index is -0.0908. The average molecular weight is 235 g/mol. The van der Waals surface area contributed by atoms with Crippen molar-refractivity contribution in [1.82, 2.24) is 0 Å². The van der Waals surface area contributed by atoms with Gasteiger partial charge >= 0.3 is 0 Å². The number of hydrogen-bond donors (Lipinski definition) is 0. The van der Waals surface area contributed by atoms with Gasteiger partial charge in [-0.1, -0.05) is 29.5 Å². The molecule has 2 nitrogen and oxygen atoms in total. The van der Waals surface area contributed by atoms with Crippen molar-refractivity contribution in [2.24, 2.45) is 0 Å². The molecule has 0 heterocycles. The normalized spacial score (nSPS) is 10.6. The highest BCUT2D eigenvalue weighted by Crippen LogP contribution is 2.01. The maximum Gasteiger partial charge on any atom is 0.173 e. The van der Waals surface area contributed by atoms with Gasteiger partial charge in [-0.2, -0.15) is 5.26 Å². The van der Waals surface area contributed by atoms with Crippen molar-refractivity contribution < 1.29 is 4.79 Å². The highest BCUT2D eigenvalue weighted by atomic mass is 127. The van der Waals surface area contributed by atoms with Crippen LogP contribution >= 0.6 is 22.6 Å². The Hall–Kier alpha value is -0.370. The Labute approximate surface area is 67.7 Å². The third kappa shape index (κ3) is 2.61. The molecule has 0 rings (SSSR count). The van der Waals surface area contributed by atoms with Crippen LogP contribution in [0.3, 0.4) is 0 Å². The first-order valence-corrected chi connectivity index (χ1v) is 3.74. The summed E-state index contributed by atoms with van der Waals surface area (Å²) in [6.07, 6.45) is 0.405. The van der Waals surface area contributed by atoms with E-state index < -0.39 is 0 Å². The van der Waals surface area contributed by atoms with Gasteiger partial charge in [-0.25, -0.2) is 0 Å². The van der Waals surface area contributed by atoms with Crippen molar-refractivity contribution in [3.63, 3.8) is 0 Å². The van der Waals surface area contributed by atoms with E-state index in [1.165, 1.54) is 4.08 Å². The molecule has 3 heteroatoms. The van der Waals surface area contributed by atoms with Gasteiger partial charge in [-0.15, -0.1) is 0 Å². The van der Waals surface area contributed by atoms with E-state index in [0.29, 0.717) is 6.42 Å². The average Bonchev–Trinajstić information content (AvgIpc) is 1.90. The molecular formula is C6H6INO. The minimum absolute atomic E-state index is 0.0908. The van der Waals surface area contributed by atoms with E-state index in [2.05, 4.69) is 0 Å². The number of allylic oxidation sites excluding steroid dienone is 1. The van der Waals surface area contributed by atoms with Gasteiger partial charge in [-0.3, -0.25) is 4.79 Å². The smallest absolute Gasteiger partial charge is 0.173 e. The molecule has 0 aromatic carbocycles. The maximum absolute atomic E-state index is 10.7. The predicted molar refractivity (Wildman–Crippen MR) is 43.0 cm³/mol. The van der Waals surface area contributed by atoms with Crippen molar-refractivity contribution in [3.05, 3.63) is 9.66 Å². The molecular weight excluding hydrogens is 229 g/mol. The lowest BCUT2D eigenvalue weighted by Crippen LogP contribution is -1.96. The van der Waals surface area contributed by atoms with E-state index in [9.17, 15) is 4.79 Å². The second-order valence-electron chi connectivity index (χ2n) is 1.41. The van der Waals surface area contributed by atoms with Crippen molar-refractivity contribution in [2.75, 3.05) is 0 Å². The Kier molecular flexibility index (Phi) is 4.32. The maximum atomic E-state index is 10.7. The first kappa shape index (κ1) is 8.63. The number of hydrogen-bond acceptors (Lipinski definition) is 2. The SMILES string of the molecule is CCC(=O)/C(C#N)=C/I. The summed E-state index contributed by atoms with van der Waals surface area (Å²) in [4.78, 5) is 10.7. The fourth-order valence-corrected chi connectivity index (χ4v) is 0.825. The molecule has 9 heavy (non-hydrogen) atoms. The second kappa shape index (κ2) is 4.50. The quantitative estimate of drug-likeness (QED) is 0.416. The molecule has 0 saturated heterocycles. The lowest BCUT2D eigenvalue weighted by molar-refractivity contribution is -0.114. The van der Waals surface area contributed by atoms with Crippen LogP contribution in [0.2, 0.25) is 0 Å². The number of rotatable bonds is 2. The van der Waals surface area contributed by atoms with E-state index in [4.69, 9.17) is 5.26 Å². The Bertz CT molecular complexity index is 178. The number of carbonyl (C=O) groups excluding carboxylic acids is 1. The molecule has 0 aromatic heterocycles. The highest BCUT2D eigenvalue weighted by molar-refractivity contribution is 14.1. The molecule has 0 spiro atoms. The van der Waals surface area contributed by atoms with Gasteiger partial charge in [0.1, 0.15) is 11.6 Å². The summed E-state index contributed by atoms with van der Waals surface area (Å²) in [5.41, 5.74) is 0.248. The lowest BCUT2D eigenvalue weighted by Gasteiger charge is -1.87. The third-order valence-corrected chi connectivity index (χ3v) is 1.47. The first-order chi connectivity index (χ1) is 4.26. The summed E-state index contributed by atoms with van der Waals surface area (Å²) in [5, 5.41) is 8.28. The zero-order valence-electron chi connectivity index (χ0n) is 5.02. The monoisotopic (exact) mass is 235 g/mol. The van der Waals surface area contributed by atoms with Gasteiger partial charge in [0.05, 0.1) is 0 Å². The molecule has 0 radical (unpaired) electrons. The molecule has 0 aliphatic heterocycles. The topological polar surface area (TPSA) is 40.9 Å². The molecule has 0 aliphatic rings. The van der Waals surface area contributed by atoms with Crippen molar-refractivity contribution >= 4 is 28.4 Å². The van der Waals surface area contributed by atoms with E-state index in [0.717, 1.165) is 0 Å². The predicted octanol–water partition coefficient (Wildman–Crippen LogP) is 1.81. The number of Topliss-reactive ketones (excluding diaryl/α,β-unsaturated/α-hetero) is 1. The van der Waals surface area contributed by atoms with E-state index >= 15 is 0 Å². The molecule has 0 unspecified atom stereocenters. The van der Waals surface area contributed by atoms with Crippen LogP contribution in [-0.4, -0.2) is 5.78 Å². The number of nitriles is 1. The molecule has 48 valence electrons. The van der Waals surface area contributed by atoms with Gasteiger partial charge in [0.15, 0.2) is 5.78 Å². The van der Waals surface area contributed by atoms with Crippen LogP contribution in [0.5, 0.6) is 0 Å². The molecule has 0 N–H and O–H groups in total. The summed E-state index contributed by atoms with van der Waals surface area (Å²) < 4.78 is 1.50. The zero-order chi connectivity index (χ0) is 7.28. The first-order valence-electron chi connectivity index (χ1n) is 2.50. The van der Waals surface area contributed by atoms with Gasteiger partial charge in [0.25, 0.3) is 0 Å². The van der Waals surface area contributed by atoms with Crippen LogP contribution in [0.25, 0.3) is 0 Å². The summed E-state index contributed by atoms with van der Waals surface area (Å²) >= 11 is 1.88. The van der Waals surface area contributed by atoms with Crippen molar-refractivity contribution in [2.45, 2.75) is 13.3 Å². The molecule has 0 saturated carbocycles. The number of nitrogens with zero attached hydrogens (tertiary/aromatic N) is 1. The minimum Gasteiger partial charge on any atom is -0.293 e. The van der Waals surface area contributed by atoms with Gasteiger partial charge < -0.3 is 0 Å². The largest absolute Gasteiger partial charge is 0.293 e. The summed E-state index contributed by atoms with van der Waals surface area (Å²) in [5.74, 6) is -0.0908. The van der Waals surface area contributed by atoms with E-state index in [1.54, 1.807) is 13.0 Å². The molecule has 0 aliphatic carbocycles. The molecule has 0 atom stereocenters. The lowest BCUT2D eigenvalue weighted by atomic mass is 10.2. The van der Waals surface area contributed by atoms with Crippen LogP contribution in [0.4, 0.5) is 0 Å². The van der Waals surface area contributed by atoms with Crippen LogP contribution in [-0.2, 0) is 4.79 Å². The van der Waals surface area contributed by atoms with Crippen LogP contribution in [0, 0.1) is 11.3 Å². The number of carbonyl (C=O) groups is 1. The van der Waals surface area contributed by atoms with Crippen LogP contribution < -0.4 is 0 Å². The Morgan fingerprint density at radius 2 is 2.44 bits per heavy atom. The molecule has 0 bridgehead atoms.